The standard InChI is InChI=1S/C27H29N3O2/c1-17(2)32-26-9-7-8-24(15-26)29-27(31)23(16-28)14-22-13-20(5)30(21(22)6)25-11-18(3)10-19(4)12-25/h7-15,17H,1-6H3,(H,29,31)/b23-14-. The van der Waals surface area contributed by atoms with Crippen LogP contribution in [-0.4, -0.2) is 16.6 Å². The number of nitrogens with zero attached hydrogens (tertiary/aromatic N) is 2. The number of rotatable bonds is 6. The maximum Gasteiger partial charge on any atom is 0.266 e. The average molecular weight is 428 g/mol. The summed E-state index contributed by atoms with van der Waals surface area (Å²) in [4.78, 5) is 12.8. The van der Waals surface area contributed by atoms with Gasteiger partial charge in [-0.15, -0.1) is 0 Å². The zero-order chi connectivity index (χ0) is 23.4. The van der Waals surface area contributed by atoms with Crippen molar-refractivity contribution >= 4 is 17.7 Å². The van der Waals surface area contributed by atoms with E-state index in [4.69, 9.17) is 4.74 Å². The summed E-state index contributed by atoms with van der Waals surface area (Å²) in [5.74, 6) is 0.211. The molecule has 2 aromatic carbocycles. The van der Waals surface area contributed by atoms with Crippen molar-refractivity contribution in [3.05, 3.63) is 82.2 Å². The highest BCUT2D eigenvalue weighted by Gasteiger charge is 2.15. The van der Waals surface area contributed by atoms with Crippen LogP contribution in [-0.2, 0) is 4.79 Å². The summed E-state index contributed by atoms with van der Waals surface area (Å²) in [6.07, 6.45) is 1.67. The predicted octanol–water partition coefficient (Wildman–Crippen LogP) is 6.04. The molecule has 0 atom stereocenters. The van der Waals surface area contributed by atoms with Gasteiger partial charge in [0, 0.05) is 28.8 Å². The number of hydrogen-bond acceptors (Lipinski definition) is 3. The Balaban J connectivity index is 1.90. The molecule has 0 aliphatic rings. The number of nitriles is 1. The molecule has 3 aromatic rings. The van der Waals surface area contributed by atoms with Crippen LogP contribution in [0.1, 0.15) is 41.9 Å². The normalized spacial score (nSPS) is 11.4. The van der Waals surface area contributed by atoms with E-state index in [1.165, 1.54) is 11.1 Å². The highest BCUT2D eigenvalue weighted by molar-refractivity contribution is 6.09. The molecule has 0 bridgehead atoms. The molecule has 5 nitrogen and oxygen atoms in total. The SMILES string of the molecule is Cc1cc(C)cc(-n2c(C)cc(/C=C(/C#N)C(=O)Nc3cccc(OC(C)C)c3)c2C)c1. The molecule has 0 radical (unpaired) electrons. The summed E-state index contributed by atoms with van der Waals surface area (Å²) in [6, 6.07) is 17.6. The minimum absolute atomic E-state index is 0.0305. The first-order valence-electron chi connectivity index (χ1n) is 10.7. The number of ether oxygens (including phenoxy) is 1. The molecular formula is C27H29N3O2. The van der Waals surface area contributed by atoms with Gasteiger partial charge >= 0.3 is 0 Å². The lowest BCUT2D eigenvalue weighted by molar-refractivity contribution is -0.112. The van der Waals surface area contributed by atoms with Crippen molar-refractivity contribution < 1.29 is 9.53 Å². The molecule has 5 heteroatoms. The third-order valence-corrected chi connectivity index (χ3v) is 5.06. The van der Waals surface area contributed by atoms with Crippen LogP contribution in [0.15, 0.2) is 54.1 Å². The zero-order valence-corrected chi connectivity index (χ0v) is 19.5. The zero-order valence-electron chi connectivity index (χ0n) is 19.5. The Morgan fingerprint density at radius 1 is 1.06 bits per heavy atom. The Hall–Kier alpha value is -3.78. The Labute approximate surface area is 190 Å². The van der Waals surface area contributed by atoms with E-state index in [0.717, 1.165) is 22.6 Å². The lowest BCUT2D eigenvalue weighted by atomic mass is 10.1. The van der Waals surface area contributed by atoms with Gasteiger partial charge in [0.1, 0.15) is 17.4 Å². The number of nitrogens with one attached hydrogen (secondary N) is 1. The van der Waals surface area contributed by atoms with E-state index in [2.05, 4.69) is 41.9 Å². The molecule has 0 spiro atoms. The summed E-state index contributed by atoms with van der Waals surface area (Å²) in [5.41, 5.74) is 6.91. The molecule has 1 aromatic heterocycles. The third kappa shape index (κ3) is 5.28. The molecule has 0 aliphatic heterocycles. The van der Waals surface area contributed by atoms with Crippen LogP contribution in [0, 0.1) is 39.0 Å². The molecule has 1 N–H and O–H groups in total. The van der Waals surface area contributed by atoms with E-state index < -0.39 is 5.91 Å². The first-order valence-corrected chi connectivity index (χ1v) is 10.7. The van der Waals surface area contributed by atoms with Gasteiger partial charge in [0.15, 0.2) is 0 Å². The topological polar surface area (TPSA) is 67.0 Å². The number of benzene rings is 2. The van der Waals surface area contributed by atoms with Crippen molar-refractivity contribution in [2.45, 2.75) is 47.6 Å². The quantitative estimate of drug-likeness (QED) is 0.385. The van der Waals surface area contributed by atoms with E-state index >= 15 is 0 Å². The minimum atomic E-state index is -0.453. The first kappa shape index (κ1) is 22.9. The van der Waals surface area contributed by atoms with Crippen LogP contribution in [0.2, 0.25) is 0 Å². The van der Waals surface area contributed by atoms with Crippen molar-refractivity contribution in [1.29, 1.82) is 5.26 Å². The Morgan fingerprint density at radius 2 is 1.75 bits per heavy atom. The fourth-order valence-electron chi connectivity index (χ4n) is 3.83. The Bertz CT molecular complexity index is 1210. The molecule has 1 heterocycles. The molecule has 0 saturated carbocycles. The van der Waals surface area contributed by atoms with Crippen molar-refractivity contribution in [2.24, 2.45) is 0 Å². The predicted molar refractivity (Wildman–Crippen MR) is 129 cm³/mol. The fraction of sp³-hybridized carbons (Fsp3) is 0.259. The molecule has 1 amide bonds. The van der Waals surface area contributed by atoms with Gasteiger partial charge in [-0.1, -0.05) is 12.1 Å². The summed E-state index contributed by atoms with van der Waals surface area (Å²) >= 11 is 0. The van der Waals surface area contributed by atoms with Gasteiger partial charge in [-0.3, -0.25) is 4.79 Å². The Kier molecular flexibility index (Phi) is 6.85. The summed E-state index contributed by atoms with van der Waals surface area (Å²) in [6.45, 7) is 12.0. The molecule has 3 rings (SSSR count). The monoisotopic (exact) mass is 427 g/mol. The van der Waals surface area contributed by atoms with Gasteiger partial charge in [-0.05, 0) is 94.6 Å². The first-order chi connectivity index (χ1) is 15.2. The maximum absolute atomic E-state index is 12.8. The second-order valence-corrected chi connectivity index (χ2v) is 8.33. The van der Waals surface area contributed by atoms with Gasteiger partial charge in [0.2, 0.25) is 0 Å². The molecule has 164 valence electrons. The van der Waals surface area contributed by atoms with E-state index in [1.807, 2.05) is 45.9 Å². The van der Waals surface area contributed by atoms with Gasteiger partial charge in [0.25, 0.3) is 5.91 Å². The number of amides is 1. The van der Waals surface area contributed by atoms with E-state index in [-0.39, 0.29) is 11.7 Å². The maximum atomic E-state index is 12.8. The lowest BCUT2D eigenvalue weighted by Gasteiger charge is -2.12. The van der Waals surface area contributed by atoms with Gasteiger partial charge in [0.05, 0.1) is 6.10 Å². The van der Waals surface area contributed by atoms with Crippen LogP contribution in [0.25, 0.3) is 11.8 Å². The van der Waals surface area contributed by atoms with Crippen molar-refractivity contribution in [2.75, 3.05) is 5.32 Å². The molecule has 0 fully saturated rings. The van der Waals surface area contributed by atoms with Gasteiger partial charge in [-0.25, -0.2) is 0 Å². The number of anilines is 1. The number of aromatic nitrogens is 1. The molecular weight excluding hydrogens is 398 g/mol. The second kappa shape index (κ2) is 9.57. The highest BCUT2D eigenvalue weighted by Crippen LogP contribution is 2.25. The van der Waals surface area contributed by atoms with Crippen molar-refractivity contribution in [1.82, 2.24) is 4.57 Å². The van der Waals surface area contributed by atoms with Crippen molar-refractivity contribution in [3.63, 3.8) is 0 Å². The smallest absolute Gasteiger partial charge is 0.266 e. The molecule has 32 heavy (non-hydrogen) atoms. The largest absolute Gasteiger partial charge is 0.491 e. The van der Waals surface area contributed by atoms with E-state index in [0.29, 0.717) is 11.4 Å². The molecule has 0 saturated heterocycles. The minimum Gasteiger partial charge on any atom is -0.491 e. The number of hydrogen-bond donors (Lipinski definition) is 1. The van der Waals surface area contributed by atoms with Crippen LogP contribution >= 0.6 is 0 Å². The van der Waals surface area contributed by atoms with Gasteiger partial charge < -0.3 is 14.6 Å². The average Bonchev–Trinajstić information content (AvgIpc) is 2.98. The van der Waals surface area contributed by atoms with Crippen LogP contribution < -0.4 is 10.1 Å². The van der Waals surface area contributed by atoms with Crippen LogP contribution in [0.5, 0.6) is 5.75 Å². The van der Waals surface area contributed by atoms with Gasteiger partial charge in [-0.2, -0.15) is 5.26 Å². The fourth-order valence-corrected chi connectivity index (χ4v) is 3.83. The lowest BCUT2D eigenvalue weighted by Crippen LogP contribution is -2.14. The summed E-state index contributed by atoms with van der Waals surface area (Å²) < 4.78 is 7.82. The van der Waals surface area contributed by atoms with Crippen molar-refractivity contribution in [3.8, 4) is 17.5 Å². The molecule has 0 unspecified atom stereocenters. The molecule has 0 aliphatic carbocycles. The highest BCUT2D eigenvalue weighted by atomic mass is 16.5. The number of carbonyl (C=O) groups excluding carboxylic acids is 1. The summed E-state index contributed by atoms with van der Waals surface area (Å²) in [5, 5.41) is 12.5. The van der Waals surface area contributed by atoms with E-state index in [1.54, 1.807) is 24.3 Å². The van der Waals surface area contributed by atoms with E-state index in [9.17, 15) is 10.1 Å². The second-order valence-electron chi connectivity index (χ2n) is 8.33. The summed E-state index contributed by atoms with van der Waals surface area (Å²) in [7, 11) is 0. The Morgan fingerprint density at radius 3 is 2.38 bits per heavy atom. The number of aryl methyl sites for hydroxylation is 3. The van der Waals surface area contributed by atoms with Crippen LogP contribution in [0.3, 0.4) is 0 Å². The van der Waals surface area contributed by atoms with Crippen LogP contribution in [0.4, 0.5) is 5.69 Å². The third-order valence-electron chi connectivity index (χ3n) is 5.06. The number of carbonyl (C=O) groups is 1.